The molecule has 0 saturated carbocycles. The molecule has 5 nitrogen and oxygen atoms in total. The standard InChI is InChI=1S/C6H8N2O3S/c1-11-5(6(9)10)2-4-3-12-8-7-4/h3,5H,2H2,1H3,(H,9,10). The van der Waals surface area contributed by atoms with Gasteiger partial charge in [-0.25, -0.2) is 4.79 Å². The van der Waals surface area contributed by atoms with Gasteiger partial charge in [0.25, 0.3) is 0 Å². The van der Waals surface area contributed by atoms with Gasteiger partial charge in [-0.15, -0.1) is 5.10 Å². The molecule has 66 valence electrons. The van der Waals surface area contributed by atoms with Crippen LogP contribution in [0.3, 0.4) is 0 Å². The van der Waals surface area contributed by atoms with Crippen LogP contribution in [0, 0.1) is 0 Å². The van der Waals surface area contributed by atoms with Crippen LogP contribution in [0.15, 0.2) is 5.38 Å². The van der Waals surface area contributed by atoms with E-state index in [-0.39, 0.29) is 6.42 Å². The molecule has 0 aromatic carbocycles. The fourth-order valence-corrected chi connectivity index (χ4v) is 1.20. The molecule has 0 aliphatic rings. The lowest BCUT2D eigenvalue weighted by atomic mass is 10.2. The second-order valence-electron chi connectivity index (χ2n) is 2.16. The first-order valence-electron chi connectivity index (χ1n) is 3.25. The Morgan fingerprint density at radius 1 is 1.92 bits per heavy atom. The second-order valence-corrected chi connectivity index (χ2v) is 2.77. The largest absolute Gasteiger partial charge is 0.479 e. The van der Waals surface area contributed by atoms with E-state index in [1.54, 1.807) is 5.38 Å². The minimum absolute atomic E-state index is 0.266. The van der Waals surface area contributed by atoms with Gasteiger partial charge in [-0.2, -0.15) is 0 Å². The summed E-state index contributed by atoms with van der Waals surface area (Å²) < 4.78 is 8.33. The molecule has 0 amide bonds. The van der Waals surface area contributed by atoms with Gasteiger partial charge in [0.05, 0.1) is 5.69 Å². The molecule has 0 fully saturated rings. The van der Waals surface area contributed by atoms with Gasteiger partial charge < -0.3 is 9.84 Å². The van der Waals surface area contributed by atoms with Gasteiger partial charge in [-0.1, -0.05) is 4.49 Å². The van der Waals surface area contributed by atoms with E-state index in [0.717, 1.165) is 0 Å². The first kappa shape index (κ1) is 9.08. The van der Waals surface area contributed by atoms with Crippen LogP contribution >= 0.6 is 11.5 Å². The molecule has 1 N–H and O–H groups in total. The van der Waals surface area contributed by atoms with Crippen LogP contribution in [0.2, 0.25) is 0 Å². The molecule has 0 spiro atoms. The maximum absolute atomic E-state index is 10.5. The molecule has 0 bridgehead atoms. The average Bonchev–Trinajstić information content (AvgIpc) is 2.51. The van der Waals surface area contributed by atoms with E-state index in [2.05, 4.69) is 9.59 Å². The van der Waals surface area contributed by atoms with Gasteiger partial charge in [-0.05, 0) is 11.5 Å². The predicted molar refractivity (Wildman–Crippen MR) is 42.0 cm³/mol. The monoisotopic (exact) mass is 188 g/mol. The molecule has 12 heavy (non-hydrogen) atoms. The van der Waals surface area contributed by atoms with Crippen LogP contribution in [0.4, 0.5) is 0 Å². The van der Waals surface area contributed by atoms with E-state index in [9.17, 15) is 4.79 Å². The van der Waals surface area contributed by atoms with Crippen molar-refractivity contribution in [3.8, 4) is 0 Å². The Morgan fingerprint density at radius 2 is 2.67 bits per heavy atom. The summed E-state index contributed by atoms with van der Waals surface area (Å²) in [5.41, 5.74) is 0.647. The molecule has 0 saturated heterocycles. The van der Waals surface area contributed by atoms with Crippen molar-refractivity contribution in [2.24, 2.45) is 0 Å². The first-order chi connectivity index (χ1) is 5.74. The molecule has 1 heterocycles. The molecule has 1 atom stereocenters. The van der Waals surface area contributed by atoms with Gasteiger partial charge in [0.2, 0.25) is 0 Å². The quantitative estimate of drug-likeness (QED) is 0.729. The topological polar surface area (TPSA) is 72.3 Å². The van der Waals surface area contributed by atoms with E-state index in [0.29, 0.717) is 5.69 Å². The molecule has 1 rings (SSSR count). The van der Waals surface area contributed by atoms with Crippen molar-refractivity contribution in [2.45, 2.75) is 12.5 Å². The number of carboxylic acids is 1. The SMILES string of the molecule is COC(Cc1csnn1)C(=O)O. The Balaban J connectivity index is 2.54. The molecule has 6 heteroatoms. The summed E-state index contributed by atoms with van der Waals surface area (Å²) in [7, 11) is 1.36. The zero-order chi connectivity index (χ0) is 8.97. The molecular formula is C6H8N2O3S. The second kappa shape index (κ2) is 4.13. The summed E-state index contributed by atoms with van der Waals surface area (Å²) in [6, 6.07) is 0. The maximum atomic E-state index is 10.5. The van der Waals surface area contributed by atoms with Crippen LogP contribution in [-0.4, -0.2) is 33.9 Å². The fraction of sp³-hybridized carbons (Fsp3) is 0.500. The normalized spacial score (nSPS) is 12.8. The number of hydrogen-bond donors (Lipinski definition) is 1. The van der Waals surface area contributed by atoms with Crippen LogP contribution < -0.4 is 0 Å². The number of ether oxygens (including phenoxy) is 1. The highest BCUT2D eigenvalue weighted by Crippen LogP contribution is 2.03. The summed E-state index contributed by atoms with van der Waals surface area (Å²) in [4.78, 5) is 10.5. The van der Waals surface area contributed by atoms with Crippen LogP contribution in [0.5, 0.6) is 0 Å². The van der Waals surface area contributed by atoms with E-state index < -0.39 is 12.1 Å². The van der Waals surface area contributed by atoms with E-state index in [1.165, 1.54) is 18.6 Å². The number of methoxy groups -OCH3 is 1. The van der Waals surface area contributed by atoms with Crippen molar-refractivity contribution < 1.29 is 14.6 Å². The van der Waals surface area contributed by atoms with Crippen molar-refractivity contribution in [1.82, 2.24) is 9.59 Å². The molecule has 0 aliphatic carbocycles. The number of hydrogen-bond acceptors (Lipinski definition) is 5. The van der Waals surface area contributed by atoms with Gasteiger partial charge in [-0.3, -0.25) is 0 Å². The van der Waals surface area contributed by atoms with Gasteiger partial charge in [0.1, 0.15) is 0 Å². The lowest BCUT2D eigenvalue weighted by Crippen LogP contribution is -2.24. The van der Waals surface area contributed by atoms with Crippen LogP contribution in [0.25, 0.3) is 0 Å². The smallest absolute Gasteiger partial charge is 0.333 e. The number of carboxylic acid groups (broad SMARTS) is 1. The minimum atomic E-state index is -0.981. The van der Waals surface area contributed by atoms with Crippen LogP contribution in [-0.2, 0) is 16.0 Å². The third kappa shape index (κ3) is 2.24. The van der Waals surface area contributed by atoms with Gasteiger partial charge in [0, 0.05) is 18.9 Å². The van der Waals surface area contributed by atoms with Gasteiger partial charge >= 0.3 is 5.97 Å². The Kier molecular flexibility index (Phi) is 3.12. The maximum Gasteiger partial charge on any atom is 0.333 e. The summed E-state index contributed by atoms with van der Waals surface area (Å²) in [5, 5.41) is 14.0. The average molecular weight is 188 g/mol. The Bertz CT molecular complexity index is 249. The Morgan fingerprint density at radius 3 is 3.08 bits per heavy atom. The molecule has 0 radical (unpaired) electrons. The number of aromatic nitrogens is 2. The van der Waals surface area contributed by atoms with E-state index in [4.69, 9.17) is 9.84 Å². The van der Waals surface area contributed by atoms with E-state index >= 15 is 0 Å². The summed E-state index contributed by atoms with van der Waals surface area (Å²) in [5.74, 6) is -0.981. The highest BCUT2D eigenvalue weighted by molar-refractivity contribution is 7.03. The van der Waals surface area contributed by atoms with Crippen molar-refractivity contribution in [3.05, 3.63) is 11.1 Å². The highest BCUT2D eigenvalue weighted by atomic mass is 32.1. The molecule has 1 aromatic heterocycles. The Hall–Kier alpha value is -1.01. The van der Waals surface area contributed by atoms with Crippen molar-refractivity contribution in [2.75, 3.05) is 7.11 Å². The molecular weight excluding hydrogens is 180 g/mol. The molecule has 1 aromatic rings. The van der Waals surface area contributed by atoms with Crippen molar-refractivity contribution in [1.29, 1.82) is 0 Å². The fourth-order valence-electron chi connectivity index (χ4n) is 0.734. The van der Waals surface area contributed by atoms with Crippen molar-refractivity contribution in [3.63, 3.8) is 0 Å². The van der Waals surface area contributed by atoms with E-state index in [1.807, 2.05) is 0 Å². The van der Waals surface area contributed by atoms with Gasteiger partial charge in [0.15, 0.2) is 6.10 Å². The third-order valence-corrected chi connectivity index (χ3v) is 1.91. The summed E-state index contributed by atoms with van der Waals surface area (Å²) in [6.07, 6.45) is -0.559. The third-order valence-electron chi connectivity index (χ3n) is 1.36. The zero-order valence-electron chi connectivity index (χ0n) is 6.43. The number of rotatable bonds is 4. The summed E-state index contributed by atoms with van der Waals surface area (Å²) >= 11 is 1.19. The lowest BCUT2D eigenvalue weighted by molar-refractivity contribution is -0.148. The van der Waals surface area contributed by atoms with Crippen molar-refractivity contribution >= 4 is 17.5 Å². The van der Waals surface area contributed by atoms with Crippen LogP contribution in [0.1, 0.15) is 5.69 Å². The highest BCUT2D eigenvalue weighted by Gasteiger charge is 2.17. The lowest BCUT2D eigenvalue weighted by Gasteiger charge is -2.06. The predicted octanol–water partition coefficient (Wildman–Crippen LogP) is 0.180. The number of nitrogens with zero attached hydrogens (tertiary/aromatic N) is 2. The number of carbonyl (C=O) groups is 1. The number of aliphatic carboxylic acids is 1. The Labute approximate surface area is 73.1 Å². The molecule has 0 aliphatic heterocycles. The molecule has 1 unspecified atom stereocenters. The first-order valence-corrected chi connectivity index (χ1v) is 4.09. The minimum Gasteiger partial charge on any atom is -0.479 e. The zero-order valence-corrected chi connectivity index (χ0v) is 7.24. The summed E-state index contributed by atoms with van der Waals surface area (Å²) in [6.45, 7) is 0.